The second-order valence-electron chi connectivity index (χ2n) is 2.91. The average Bonchev–Trinajstić information content (AvgIpc) is 2.27. The summed E-state index contributed by atoms with van der Waals surface area (Å²) in [6, 6.07) is 4.25. The van der Waals surface area contributed by atoms with Gasteiger partial charge in [0.05, 0.1) is 11.5 Å². The zero-order valence-electron chi connectivity index (χ0n) is 8.75. The van der Waals surface area contributed by atoms with Gasteiger partial charge >= 0.3 is 0 Å². The van der Waals surface area contributed by atoms with Crippen LogP contribution in [0.1, 0.15) is 12.5 Å². The molecule has 1 rings (SSSR count). The van der Waals surface area contributed by atoms with Crippen LogP contribution in [0.5, 0.6) is 5.75 Å². The third kappa shape index (κ3) is 2.91. The number of aldehydes is 1. The number of carbonyl (C=O) groups is 1. The maximum Gasteiger partial charge on any atom is 0.270 e. The van der Waals surface area contributed by atoms with Gasteiger partial charge in [0.1, 0.15) is 12.0 Å². The second kappa shape index (κ2) is 5.65. The van der Waals surface area contributed by atoms with Gasteiger partial charge in [-0.05, 0) is 25.1 Å². The molecule has 5 nitrogen and oxygen atoms in total. The van der Waals surface area contributed by atoms with Crippen LogP contribution in [0.2, 0.25) is 0 Å². The van der Waals surface area contributed by atoms with E-state index in [1.54, 1.807) is 0 Å². The van der Waals surface area contributed by atoms with Gasteiger partial charge in [-0.15, -0.1) is 0 Å². The van der Waals surface area contributed by atoms with Crippen molar-refractivity contribution in [3.63, 3.8) is 0 Å². The summed E-state index contributed by atoms with van der Waals surface area (Å²) in [5.41, 5.74) is 0.483. The van der Waals surface area contributed by atoms with Crippen LogP contribution >= 0.6 is 0 Å². The van der Waals surface area contributed by atoms with E-state index < -0.39 is 4.92 Å². The van der Waals surface area contributed by atoms with Crippen molar-refractivity contribution < 1.29 is 14.5 Å². The molecule has 84 valence electrons. The molecule has 5 heteroatoms. The van der Waals surface area contributed by atoms with E-state index in [9.17, 15) is 14.9 Å². The standard InChI is InChI=1S/C11H11NO4/c1-2-16-11-6-5-10(12(14)15)8-9(11)4-3-7-13/h3-8H,2H2,1H3. The van der Waals surface area contributed by atoms with Gasteiger partial charge in [0.15, 0.2) is 0 Å². The van der Waals surface area contributed by atoms with E-state index >= 15 is 0 Å². The number of hydrogen-bond acceptors (Lipinski definition) is 4. The van der Waals surface area contributed by atoms with Gasteiger partial charge in [-0.2, -0.15) is 0 Å². The van der Waals surface area contributed by atoms with Crippen molar-refractivity contribution in [2.24, 2.45) is 0 Å². The molecule has 0 unspecified atom stereocenters. The molecule has 0 N–H and O–H groups in total. The van der Waals surface area contributed by atoms with Gasteiger partial charge in [-0.3, -0.25) is 14.9 Å². The van der Waals surface area contributed by atoms with Gasteiger partial charge in [0.2, 0.25) is 0 Å². The fraction of sp³-hybridized carbons (Fsp3) is 0.182. The van der Waals surface area contributed by atoms with E-state index in [1.807, 2.05) is 6.92 Å². The highest BCUT2D eigenvalue weighted by Gasteiger charge is 2.09. The predicted molar refractivity (Wildman–Crippen MR) is 59.4 cm³/mol. The van der Waals surface area contributed by atoms with Crippen LogP contribution in [0.25, 0.3) is 6.08 Å². The number of allylic oxidation sites excluding steroid dienone is 1. The molecule has 0 heterocycles. The van der Waals surface area contributed by atoms with Crippen molar-refractivity contribution in [3.05, 3.63) is 40.0 Å². The zero-order chi connectivity index (χ0) is 12.0. The lowest BCUT2D eigenvalue weighted by molar-refractivity contribution is -0.384. The molecule has 1 aromatic carbocycles. The van der Waals surface area contributed by atoms with Gasteiger partial charge in [0, 0.05) is 17.7 Å². The van der Waals surface area contributed by atoms with Crippen molar-refractivity contribution in [2.75, 3.05) is 6.61 Å². The summed E-state index contributed by atoms with van der Waals surface area (Å²) in [4.78, 5) is 20.3. The van der Waals surface area contributed by atoms with Crippen LogP contribution in [-0.4, -0.2) is 17.8 Å². The van der Waals surface area contributed by atoms with E-state index in [0.717, 1.165) is 0 Å². The largest absolute Gasteiger partial charge is 0.493 e. The number of non-ortho nitro benzene ring substituents is 1. The fourth-order valence-corrected chi connectivity index (χ4v) is 1.21. The van der Waals surface area contributed by atoms with Crippen LogP contribution < -0.4 is 4.74 Å². The molecule has 0 saturated carbocycles. The van der Waals surface area contributed by atoms with E-state index in [1.165, 1.54) is 30.4 Å². The second-order valence-corrected chi connectivity index (χ2v) is 2.91. The Morgan fingerprint density at radius 2 is 2.25 bits per heavy atom. The lowest BCUT2D eigenvalue weighted by atomic mass is 10.1. The molecule has 0 saturated heterocycles. The predicted octanol–water partition coefficient (Wildman–Crippen LogP) is 2.21. The molecule has 0 spiro atoms. The number of hydrogen-bond donors (Lipinski definition) is 0. The molecular formula is C11H11NO4. The average molecular weight is 221 g/mol. The zero-order valence-corrected chi connectivity index (χ0v) is 8.75. The summed E-state index contributed by atoms with van der Waals surface area (Å²) in [5, 5.41) is 10.6. The molecule has 1 aromatic rings. The van der Waals surface area contributed by atoms with Crippen molar-refractivity contribution in [2.45, 2.75) is 6.92 Å². The van der Waals surface area contributed by atoms with Crippen LogP contribution in [0.15, 0.2) is 24.3 Å². The number of benzene rings is 1. The Kier molecular flexibility index (Phi) is 4.20. The number of nitro benzene ring substituents is 1. The van der Waals surface area contributed by atoms with E-state index in [0.29, 0.717) is 24.2 Å². The molecule has 0 atom stereocenters. The number of nitrogens with zero attached hydrogens (tertiary/aromatic N) is 1. The Bertz CT molecular complexity index is 426. The van der Waals surface area contributed by atoms with Crippen molar-refractivity contribution in [1.29, 1.82) is 0 Å². The molecule has 0 aliphatic carbocycles. The third-order valence-electron chi connectivity index (χ3n) is 1.86. The topological polar surface area (TPSA) is 69.4 Å². The molecule has 0 aliphatic rings. The quantitative estimate of drug-likeness (QED) is 0.331. The highest BCUT2D eigenvalue weighted by Crippen LogP contribution is 2.25. The summed E-state index contributed by atoms with van der Waals surface area (Å²) in [6.45, 7) is 2.27. The lowest BCUT2D eigenvalue weighted by Gasteiger charge is -2.06. The van der Waals surface area contributed by atoms with Gasteiger partial charge in [-0.1, -0.05) is 0 Å². The first-order chi connectivity index (χ1) is 7.69. The summed E-state index contributed by atoms with van der Waals surface area (Å²) < 4.78 is 5.28. The Morgan fingerprint density at radius 3 is 2.81 bits per heavy atom. The van der Waals surface area contributed by atoms with Gasteiger partial charge < -0.3 is 4.74 Å². The summed E-state index contributed by atoms with van der Waals surface area (Å²) in [5.74, 6) is 0.520. The first-order valence-corrected chi connectivity index (χ1v) is 4.72. The van der Waals surface area contributed by atoms with Crippen LogP contribution in [0.4, 0.5) is 5.69 Å². The fourth-order valence-electron chi connectivity index (χ4n) is 1.21. The summed E-state index contributed by atoms with van der Waals surface area (Å²) in [7, 11) is 0. The van der Waals surface area contributed by atoms with Gasteiger partial charge in [0.25, 0.3) is 5.69 Å². The van der Waals surface area contributed by atoms with E-state index in [-0.39, 0.29) is 5.69 Å². The molecule has 16 heavy (non-hydrogen) atoms. The highest BCUT2D eigenvalue weighted by atomic mass is 16.6. The monoisotopic (exact) mass is 221 g/mol. The Morgan fingerprint density at radius 1 is 1.50 bits per heavy atom. The Hall–Kier alpha value is -2.17. The lowest BCUT2D eigenvalue weighted by Crippen LogP contribution is -1.95. The number of rotatable bonds is 5. The highest BCUT2D eigenvalue weighted by molar-refractivity contribution is 5.76. The summed E-state index contributed by atoms with van der Waals surface area (Å²) >= 11 is 0. The van der Waals surface area contributed by atoms with E-state index in [2.05, 4.69) is 0 Å². The van der Waals surface area contributed by atoms with Gasteiger partial charge in [-0.25, -0.2) is 0 Å². The summed E-state index contributed by atoms with van der Waals surface area (Å²) in [6.07, 6.45) is 3.35. The molecule has 0 radical (unpaired) electrons. The van der Waals surface area contributed by atoms with Crippen molar-refractivity contribution in [1.82, 2.24) is 0 Å². The Labute approximate surface area is 92.5 Å². The molecule has 0 fully saturated rings. The van der Waals surface area contributed by atoms with Crippen LogP contribution in [0.3, 0.4) is 0 Å². The Balaban J connectivity index is 3.14. The smallest absolute Gasteiger partial charge is 0.270 e. The van der Waals surface area contributed by atoms with Crippen molar-refractivity contribution >= 4 is 18.0 Å². The normalized spacial score (nSPS) is 10.3. The third-order valence-corrected chi connectivity index (χ3v) is 1.86. The minimum Gasteiger partial charge on any atom is -0.493 e. The molecular weight excluding hydrogens is 210 g/mol. The minimum absolute atomic E-state index is 0.0333. The number of ether oxygens (including phenoxy) is 1. The van der Waals surface area contributed by atoms with Crippen LogP contribution in [0, 0.1) is 10.1 Å². The van der Waals surface area contributed by atoms with E-state index in [4.69, 9.17) is 4.74 Å². The first kappa shape index (κ1) is 11.9. The maximum absolute atomic E-state index is 10.6. The SMILES string of the molecule is CCOc1ccc([N+](=O)[O-])cc1C=CC=O. The number of nitro groups is 1. The molecule has 0 aliphatic heterocycles. The molecule has 0 bridgehead atoms. The maximum atomic E-state index is 10.6. The minimum atomic E-state index is -0.492. The number of carbonyl (C=O) groups excluding carboxylic acids is 1. The van der Waals surface area contributed by atoms with Crippen LogP contribution in [-0.2, 0) is 4.79 Å². The molecule has 0 amide bonds. The molecule has 0 aromatic heterocycles. The first-order valence-electron chi connectivity index (χ1n) is 4.72. The van der Waals surface area contributed by atoms with Crippen molar-refractivity contribution in [3.8, 4) is 5.75 Å².